The molecule has 4 aliphatic carbocycles. The number of rotatable bonds is 2. The summed E-state index contributed by atoms with van der Waals surface area (Å²) in [5.41, 5.74) is -1.75. The second kappa shape index (κ2) is 6.88. The zero-order valence-corrected chi connectivity index (χ0v) is 19.0. The van der Waals surface area contributed by atoms with Crippen molar-refractivity contribution in [2.24, 2.45) is 34.0 Å². The summed E-state index contributed by atoms with van der Waals surface area (Å²) in [6.45, 7) is 12.5. The third-order valence-corrected chi connectivity index (χ3v) is 8.85. The lowest BCUT2D eigenvalue weighted by atomic mass is 9.39. The van der Waals surface area contributed by atoms with E-state index in [1.54, 1.807) is 0 Å². The molecule has 0 aromatic rings. The number of esters is 2. The Labute approximate surface area is 183 Å². The summed E-state index contributed by atoms with van der Waals surface area (Å²) in [6, 6.07) is 0. The van der Waals surface area contributed by atoms with Gasteiger partial charge in [-0.1, -0.05) is 27.4 Å². The fourth-order valence-corrected chi connectivity index (χ4v) is 8.48. The Morgan fingerprint density at radius 3 is 2.16 bits per heavy atom. The van der Waals surface area contributed by atoms with E-state index in [0.29, 0.717) is 18.4 Å². The van der Waals surface area contributed by atoms with Gasteiger partial charge < -0.3 is 19.7 Å². The summed E-state index contributed by atoms with van der Waals surface area (Å²) in [5.74, 6) is -1.70. The van der Waals surface area contributed by atoms with E-state index < -0.39 is 52.6 Å². The zero-order chi connectivity index (χ0) is 23.1. The lowest BCUT2D eigenvalue weighted by Gasteiger charge is -2.67. The van der Waals surface area contributed by atoms with Gasteiger partial charge in [0.15, 0.2) is 5.78 Å². The summed E-state index contributed by atoms with van der Waals surface area (Å²) in [5, 5.41) is 22.6. The van der Waals surface area contributed by atoms with Crippen molar-refractivity contribution in [3.8, 4) is 0 Å². The van der Waals surface area contributed by atoms with Crippen molar-refractivity contribution >= 4 is 17.7 Å². The molecule has 2 bridgehead atoms. The van der Waals surface area contributed by atoms with Crippen molar-refractivity contribution in [2.75, 3.05) is 0 Å². The molecule has 4 rings (SSSR count). The number of hydrogen-bond donors (Lipinski definition) is 2. The van der Waals surface area contributed by atoms with Gasteiger partial charge in [-0.2, -0.15) is 0 Å². The van der Waals surface area contributed by atoms with Gasteiger partial charge in [0.1, 0.15) is 12.2 Å². The molecule has 0 unspecified atom stereocenters. The first-order valence-electron chi connectivity index (χ1n) is 11.2. The van der Waals surface area contributed by atoms with E-state index >= 15 is 0 Å². The minimum atomic E-state index is -0.960. The van der Waals surface area contributed by atoms with E-state index in [2.05, 4.69) is 6.58 Å². The van der Waals surface area contributed by atoms with Gasteiger partial charge in [-0.05, 0) is 48.5 Å². The molecule has 31 heavy (non-hydrogen) atoms. The van der Waals surface area contributed by atoms with Crippen molar-refractivity contribution in [2.45, 2.75) is 84.7 Å². The topological polar surface area (TPSA) is 110 Å². The van der Waals surface area contributed by atoms with Gasteiger partial charge in [-0.3, -0.25) is 14.4 Å². The van der Waals surface area contributed by atoms with Crippen LogP contribution in [-0.2, 0) is 23.9 Å². The molecule has 4 saturated carbocycles. The largest absolute Gasteiger partial charge is 0.462 e. The SMILES string of the molecule is C=C1C(=O)[C@]23C[C@H]1C[C@H](OC(C)=O)[C@H]2[C@]1(C)C[C@H](O)[C@H](OC(C)=O)C(C)(C)[C@H]1[C@H](O)C3. The molecule has 7 nitrogen and oxygen atoms in total. The summed E-state index contributed by atoms with van der Waals surface area (Å²) >= 11 is 0. The van der Waals surface area contributed by atoms with E-state index in [0.717, 1.165) is 0 Å². The number of fused-ring (bicyclic) bond motifs is 3. The van der Waals surface area contributed by atoms with Gasteiger partial charge in [0, 0.05) is 30.6 Å². The molecular formula is C24H34O7. The van der Waals surface area contributed by atoms with Crippen LogP contribution in [0.25, 0.3) is 0 Å². The van der Waals surface area contributed by atoms with E-state index in [9.17, 15) is 24.6 Å². The molecule has 4 fully saturated rings. The number of carbonyl (C=O) groups excluding carboxylic acids is 3. The molecule has 2 N–H and O–H groups in total. The van der Waals surface area contributed by atoms with Crippen LogP contribution in [0.4, 0.5) is 0 Å². The van der Waals surface area contributed by atoms with E-state index in [1.165, 1.54) is 13.8 Å². The molecule has 9 atom stereocenters. The molecule has 7 heteroatoms. The molecule has 0 heterocycles. The molecule has 1 spiro atoms. The predicted molar refractivity (Wildman–Crippen MR) is 111 cm³/mol. The van der Waals surface area contributed by atoms with Crippen LogP contribution >= 0.6 is 0 Å². The van der Waals surface area contributed by atoms with Gasteiger partial charge in [-0.25, -0.2) is 0 Å². The Bertz CT molecular complexity index is 847. The van der Waals surface area contributed by atoms with E-state index in [1.807, 2.05) is 20.8 Å². The minimum absolute atomic E-state index is 0.0368. The first-order chi connectivity index (χ1) is 14.3. The zero-order valence-electron chi connectivity index (χ0n) is 19.0. The molecule has 4 aliphatic rings. The molecule has 0 aromatic carbocycles. The van der Waals surface area contributed by atoms with Gasteiger partial charge in [0.2, 0.25) is 0 Å². The Morgan fingerprint density at radius 2 is 1.58 bits per heavy atom. The predicted octanol–water partition coefficient (Wildman–Crippen LogP) is 2.18. The standard InChI is InChI=1S/C24H34O7/c1-11-14-7-17(30-12(2)25)19-23(6)9-16(28)21(31-13(3)26)22(4,5)18(23)15(27)10-24(19,8-14)20(11)29/h14-19,21,27-28H,1,7-10H2,2-6H3/t14-,15-,16+,17+,18-,19+,21+,23-,24+/m1/s1. The lowest BCUT2D eigenvalue weighted by Crippen LogP contribution is -2.70. The molecule has 0 amide bonds. The average molecular weight is 435 g/mol. The van der Waals surface area contributed by atoms with Crippen molar-refractivity contribution in [1.82, 2.24) is 0 Å². The first kappa shape index (κ1) is 22.5. The fraction of sp³-hybridized carbons (Fsp3) is 0.792. The Morgan fingerprint density at radius 1 is 0.968 bits per heavy atom. The maximum absolute atomic E-state index is 13.5. The number of carbonyl (C=O) groups is 3. The van der Waals surface area contributed by atoms with Crippen molar-refractivity contribution < 1.29 is 34.1 Å². The van der Waals surface area contributed by atoms with Crippen LogP contribution in [0, 0.1) is 34.0 Å². The lowest BCUT2D eigenvalue weighted by molar-refractivity contribution is -0.268. The van der Waals surface area contributed by atoms with Crippen LogP contribution in [0.1, 0.15) is 60.3 Å². The molecule has 0 aliphatic heterocycles. The third kappa shape index (κ3) is 2.95. The number of ether oxygens (including phenoxy) is 2. The first-order valence-corrected chi connectivity index (χ1v) is 11.2. The van der Waals surface area contributed by atoms with Gasteiger partial charge >= 0.3 is 11.9 Å². The molecule has 0 radical (unpaired) electrons. The number of Topliss-reactive ketones (excluding diaryl/α,β-unsaturated/α-hetero) is 1. The second-order valence-corrected chi connectivity index (χ2v) is 11.2. The van der Waals surface area contributed by atoms with Crippen LogP contribution < -0.4 is 0 Å². The average Bonchev–Trinajstić information content (AvgIpc) is 2.77. The number of allylic oxidation sites excluding steroid dienone is 1. The van der Waals surface area contributed by atoms with Gasteiger partial charge in [0.25, 0.3) is 0 Å². The van der Waals surface area contributed by atoms with Crippen LogP contribution in [0.15, 0.2) is 12.2 Å². The summed E-state index contributed by atoms with van der Waals surface area (Å²) in [6.07, 6.45) is -1.43. The summed E-state index contributed by atoms with van der Waals surface area (Å²) < 4.78 is 11.3. The van der Waals surface area contributed by atoms with Crippen molar-refractivity contribution in [1.29, 1.82) is 0 Å². The fourth-order valence-electron chi connectivity index (χ4n) is 8.48. The second-order valence-electron chi connectivity index (χ2n) is 11.2. The molecule has 0 saturated heterocycles. The smallest absolute Gasteiger partial charge is 0.303 e. The van der Waals surface area contributed by atoms with Gasteiger partial charge in [-0.15, -0.1) is 0 Å². The van der Waals surface area contributed by atoms with Crippen molar-refractivity contribution in [3.05, 3.63) is 12.2 Å². The molecule has 172 valence electrons. The highest BCUT2D eigenvalue weighted by Gasteiger charge is 2.74. The normalized spacial score (nSPS) is 47.9. The number of hydrogen-bond acceptors (Lipinski definition) is 7. The monoisotopic (exact) mass is 434 g/mol. The third-order valence-electron chi connectivity index (χ3n) is 8.85. The van der Waals surface area contributed by atoms with E-state index in [-0.39, 0.29) is 36.4 Å². The van der Waals surface area contributed by atoms with Crippen LogP contribution in [-0.4, -0.2) is 52.4 Å². The highest BCUT2D eigenvalue weighted by Crippen LogP contribution is 2.71. The number of ketones is 1. The maximum Gasteiger partial charge on any atom is 0.303 e. The number of aliphatic hydroxyl groups is 2. The summed E-state index contributed by atoms with van der Waals surface area (Å²) in [7, 11) is 0. The Balaban J connectivity index is 1.86. The van der Waals surface area contributed by atoms with Crippen LogP contribution in [0.3, 0.4) is 0 Å². The molecule has 0 aromatic heterocycles. The van der Waals surface area contributed by atoms with Crippen LogP contribution in [0.5, 0.6) is 0 Å². The maximum atomic E-state index is 13.5. The Hall–Kier alpha value is -1.73. The quantitative estimate of drug-likeness (QED) is 0.506. The highest BCUT2D eigenvalue weighted by atomic mass is 16.6. The van der Waals surface area contributed by atoms with Crippen LogP contribution in [0.2, 0.25) is 0 Å². The summed E-state index contributed by atoms with van der Waals surface area (Å²) in [4.78, 5) is 37.2. The van der Waals surface area contributed by atoms with E-state index in [4.69, 9.17) is 9.47 Å². The highest BCUT2D eigenvalue weighted by molar-refractivity contribution is 6.03. The minimum Gasteiger partial charge on any atom is -0.462 e. The molecular weight excluding hydrogens is 400 g/mol. The Kier molecular flexibility index (Phi) is 4.99. The van der Waals surface area contributed by atoms with Gasteiger partial charge in [0.05, 0.1) is 12.2 Å². The number of aliphatic hydroxyl groups excluding tert-OH is 2. The van der Waals surface area contributed by atoms with Crippen molar-refractivity contribution in [3.63, 3.8) is 0 Å².